The molecule has 7 nitrogen and oxygen atoms in total. The largest absolute Gasteiger partial charge is 0.442 e. The van der Waals surface area contributed by atoms with Gasteiger partial charge < -0.3 is 14.6 Å². The Hall–Kier alpha value is -3.04. The van der Waals surface area contributed by atoms with Crippen LogP contribution in [0.1, 0.15) is 24.0 Å². The van der Waals surface area contributed by atoms with Crippen molar-refractivity contribution in [3.8, 4) is 11.3 Å². The standard InChI is InChI=1S/C19H18F3N3O4/c20-19(21,22)7-16(26)23-9-14-10-25(18(27)28-14)13-4-5-15-11(6-13)2-1-3-12-8-24-29-17(12)15/h4-6,8,14H,1-3,7,9-10H2,(H,23,26)/t14-/m0/s1. The van der Waals surface area contributed by atoms with Crippen LogP contribution in [-0.4, -0.2) is 42.5 Å². The van der Waals surface area contributed by atoms with Crippen molar-refractivity contribution in [1.29, 1.82) is 0 Å². The summed E-state index contributed by atoms with van der Waals surface area (Å²) in [5.41, 5.74) is 3.63. The third-order valence-corrected chi connectivity index (χ3v) is 4.94. The summed E-state index contributed by atoms with van der Waals surface area (Å²) in [5.74, 6) is -0.418. The molecule has 2 heterocycles. The van der Waals surface area contributed by atoms with E-state index in [-0.39, 0.29) is 13.1 Å². The molecule has 1 aromatic carbocycles. The van der Waals surface area contributed by atoms with Crippen LogP contribution in [0.15, 0.2) is 28.9 Å². The first-order chi connectivity index (χ1) is 13.8. The van der Waals surface area contributed by atoms with Gasteiger partial charge in [0.15, 0.2) is 5.76 Å². The Morgan fingerprint density at radius 1 is 1.28 bits per heavy atom. The number of carbonyl (C=O) groups excluding carboxylic acids is 2. The summed E-state index contributed by atoms with van der Waals surface area (Å²) in [7, 11) is 0. The van der Waals surface area contributed by atoms with E-state index in [0.717, 1.165) is 41.7 Å². The highest BCUT2D eigenvalue weighted by atomic mass is 19.4. The quantitative estimate of drug-likeness (QED) is 0.838. The number of aromatic nitrogens is 1. The molecule has 1 aromatic heterocycles. The number of hydrogen-bond acceptors (Lipinski definition) is 5. The Balaban J connectivity index is 1.44. The molecule has 1 N–H and O–H groups in total. The maximum Gasteiger partial charge on any atom is 0.414 e. The smallest absolute Gasteiger partial charge is 0.414 e. The van der Waals surface area contributed by atoms with E-state index in [2.05, 4.69) is 10.5 Å². The average Bonchev–Trinajstić information content (AvgIpc) is 3.21. The number of benzene rings is 1. The predicted molar refractivity (Wildman–Crippen MR) is 95.3 cm³/mol. The van der Waals surface area contributed by atoms with Gasteiger partial charge in [-0.2, -0.15) is 13.2 Å². The van der Waals surface area contributed by atoms with Crippen LogP contribution in [0.4, 0.5) is 23.7 Å². The van der Waals surface area contributed by atoms with Crippen molar-refractivity contribution in [2.24, 2.45) is 0 Å². The fourth-order valence-electron chi connectivity index (χ4n) is 3.62. The molecule has 0 saturated carbocycles. The maximum atomic E-state index is 12.2. The molecule has 1 fully saturated rings. The van der Waals surface area contributed by atoms with E-state index in [9.17, 15) is 22.8 Å². The van der Waals surface area contributed by atoms with Crippen molar-refractivity contribution < 1.29 is 32.0 Å². The summed E-state index contributed by atoms with van der Waals surface area (Å²) in [5, 5.41) is 6.02. The van der Waals surface area contributed by atoms with Gasteiger partial charge in [-0.3, -0.25) is 9.69 Å². The number of nitrogens with zero attached hydrogens (tertiary/aromatic N) is 2. The number of aryl methyl sites for hydroxylation is 2. The van der Waals surface area contributed by atoms with Crippen LogP contribution in [0.25, 0.3) is 11.3 Å². The molecule has 1 saturated heterocycles. The zero-order valence-corrected chi connectivity index (χ0v) is 15.3. The van der Waals surface area contributed by atoms with Crippen molar-refractivity contribution in [3.05, 3.63) is 35.5 Å². The minimum absolute atomic E-state index is 0.136. The van der Waals surface area contributed by atoms with Crippen molar-refractivity contribution in [2.75, 3.05) is 18.0 Å². The summed E-state index contributed by atoms with van der Waals surface area (Å²) in [6.07, 6.45) is -3.16. The van der Waals surface area contributed by atoms with E-state index in [1.807, 2.05) is 12.1 Å². The van der Waals surface area contributed by atoms with E-state index >= 15 is 0 Å². The highest BCUT2D eigenvalue weighted by Gasteiger charge is 2.35. The average molecular weight is 409 g/mol. The Bertz CT molecular complexity index is 941. The van der Waals surface area contributed by atoms with Crippen molar-refractivity contribution in [1.82, 2.24) is 10.5 Å². The molecule has 2 aromatic rings. The minimum Gasteiger partial charge on any atom is -0.442 e. The van der Waals surface area contributed by atoms with E-state index in [1.165, 1.54) is 4.90 Å². The van der Waals surface area contributed by atoms with E-state index in [4.69, 9.17) is 9.26 Å². The van der Waals surface area contributed by atoms with Crippen LogP contribution in [0.2, 0.25) is 0 Å². The lowest BCUT2D eigenvalue weighted by Crippen LogP contribution is -2.36. The third-order valence-electron chi connectivity index (χ3n) is 4.94. The molecule has 2 amide bonds. The lowest BCUT2D eigenvalue weighted by Gasteiger charge is -2.16. The number of hydrogen-bond donors (Lipinski definition) is 1. The fraction of sp³-hybridized carbons (Fsp3) is 0.421. The number of fused-ring (bicyclic) bond motifs is 3. The SMILES string of the molecule is O=C(CC(F)(F)F)NC[C@H]1CN(c2ccc3c(c2)CCCc2cnoc2-3)C(=O)O1. The van der Waals surface area contributed by atoms with E-state index in [1.54, 1.807) is 12.3 Å². The molecular formula is C19H18F3N3O4. The van der Waals surface area contributed by atoms with Gasteiger partial charge in [0.1, 0.15) is 12.5 Å². The second kappa shape index (κ2) is 7.41. The normalized spacial score (nSPS) is 18.7. The van der Waals surface area contributed by atoms with Crippen LogP contribution >= 0.6 is 0 Å². The molecule has 1 aliphatic carbocycles. The molecule has 0 radical (unpaired) electrons. The number of cyclic esters (lactones) is 1. The van der Waals surface area contributed by atoms with Gasteiger partial charge in [0.05, 0.1) is 19.3 Å². The van der Waals surface area contributed by atoms with Gasteiger partial charge in [-0.05, 0) is 43.0 Å². The number of nitrogens with one attached hydrogen (secondary N) is 1. The number of halogens is 3. The molecule has 1 aliphatic heterocycles. The van der Waals surface area contributed by atoms with Crippen molar-refractivity contribution >= 4 is 17.7 Å². The molecule has 10 heteroatoms. The number of rotatable bonds is 4. The van der Waals surface area contributed by atoms with Crippen LogP contribution in [0, 0.1) is 0 Å². The third kappa shape index (κ3) is 4.20. The van der Waals surface area contributed by atoms with Gasteiger partial charge in [-0.25, -0.2) is 4.79 Å². The second-order valence-corrected chi connectivity index (χ2v) is 7.09. The van der Waals surface area contributed by atoms with Crippen molar-refractivity contribution in [2.45, 2.75) is 38.0 Å². The number of amides is 2. The highest BCUT2D eigenvalue weighted by Crippen LogP contribution is 2.35. The maximum absolute atomic E-state index is 12.2. The van der Waals surface area contributed by atoms with Gasteiger partial charge in [-0.15, -0.1) is 0 Å². The summed E-state index contributed by atoms with van der Waals surface area (Å²) in [6, 6.07) is 5.52. The molecule has 154 valence electrons. The Labute approximate surface area is 163 Å². The summed E-state index contributed by atoms with van der Waals surface area (Å²) < 4.78 is 47.2. The molecular weight excluding hydrogens is 391 g/mol. The van der Waals surface area contributed by atoms with Gasteiger partial charge in [0, 0.05) is 16.8 Å². The molecule has 2 aliphatic rings. The molecule has 29 heavy (non-hydrogen) atoms. The summed E-state index contributed by atoms with van der Waals surface area (Å²) in [4.78, 5) is 25.0. The summed E-state index contributed by atoms with van der Waals surface area (Å²) in [6.45, 7) is -0.0407. The molecule has 0 spiro atoms. The van der Waals surface area contributed by atoms with Gasteiger partial charge in [0.25, 0.3) is 0 Å². The van der Waals surface area contributed by atoms with Crippen molar-refractivity contribution in [3.63, 3.8) is 0 Å². The van der Waals surface area contributed by atoms with E-state index in [0.29, 0.717) is 5.69 Å². The molecule has 0 unspecified atom stereocenters. The zero-order valence-electron chi connectivity index (χ0n) is 15.3. The predicted octanol–water partition coefficient (Wildman–Crippen LogP) is 3.22. The number of ether oxygens (including phenoxy) is 1. The van der Waals surface area contributed by atoms with Crippen LogP contribution in [0.3, 0.4) is 0 Å². The minimum atomic E-state index is -4.58. The molecule has 0 bridgehead atoms. The zero-order chi connectivity index (χ0) is 20.6. The van der Waals surface area contributed by atoms with E-state index < -0.39 is 30.7 Å². The highest BCUT2D eigenvalue weighted by molar-refractivity contribution is 5.90. The van der Waals surface area contributed by atoms with Crippen LogP contribution in [0.5, 0.6) is 0 Å². The Kier molecular flexibility index (Phi) is 4.93. The number of alkyl halides is 3. The lowest BCUT2D eigenvalue weighted by molar-refractivity contribution is -0.154. The molecule has 4 rings (SSSR count). The summed E-state index contributed by atoms with van der Waals surface area (Å²) >= 11 is 0. The Morgan fingerprint density at radius 2 is 2.07 bits per heavy atom. The van der Waals surface area contributed by atoms with Crippen LogP contribution in [-0.2, 0) is 22.4 Å². The fourth-order valence-corrected chi connectivity index (χ4v) is 3.62. The first-order valence-electron chi connectivity index (χ1n) is 9.18. The monoisotopic (exact) mass is 409 g/mol. The van der Waals surface area contributed by atoms with Crippen LogP contribution < -0.4 is 10.2 Å². The molecule has 1 atom stereocenters. The second-order valence-electron chi connectivity index (χ2n) is 7.09. The van der Waals surface area contributed by atoms with Gasteiger partial charge in [-0.1, -0.05) is 5.16 Å². The topological polar surface area (TPSA) is 84.7 Å². The number of carbonyl (C=O) groups is 2. The lowest BCUT2D eigenvalue weighted by atomic mass is 10.0. The first-order valence-corrected chi connectivity index (χ1v) is 9.18. The van der Waals surface area contributed by atoms with Gasteiger partial charge >= 0.3 is 12.3 Å². The Morgan fingerprint density at radius 3 is 2.86 bits per heavy atom. The number of anilines is 1. The first kappa shape index (κ1) is 19.3. The van der Waals surface area contributed by atoms with Gasteiger partial charge in [0.2, 0.25) is 5.91 Å².